The van der Waals surface area contributed by atoms with E-state index in [1.165, 1.54) is 0 Å². The van der Waals surface area contributed by atoms with Gasteiger partial charge in [0.15, 0.2) is 0 Å². The van der Waals surface area contributed by atoms with Crippen molar-refractivity contribution in [2.24, 2.45) is 15.3 Å². The number of benzene rings is 3. The molecule has 2 aromatic heterocycles. The summed E-state index contributed by atoms with van der Waals surface area (Å²) in [6, 6.07) is 5.66. The zero-order chi connectivity index (χ0) is 45.7. The summed E-state index contributed by atoms with van der Waals surface area (Å²) in [6.07, 6.45) is 0.390. The molecule has 38 heteroatoms. The molecule has 1 aliphatic carbocycles. The van der Waals surface area contributed by atoms with Crippen molar-refractivity contribution in [1.82, 2.24) is 29.9 Å². The van der Waals surface area contributed by atoms with E-state index < -0.39 is 105 Å². The molecule has 0 fully saturated rings. The van der Waals surface area contributed by atoms with Crippen LogP contribution in [0.3, 0.4) is 0 Å². The summed E-state index contributed by atoms with van der Waals surface area (Å²) >= 11 is 11.5. The van der Waals surface area contributed by atoms with E-state index in [9.17, 15) is 56.7 Å². The number of carbonyl (C=O) groups is 1. The topological polar surface area (TPSA) is 474 Å². The van der Waals surface area contributed by atoms with Crippen LogP contribution in [0.2, 0.25) is 10.6 Å². The van der Waals surface area contributed by atoms with Gasteiger partial charge in [-0.15, -0.1) is 10.2 Å². The van der Waals surface area contributed by atoms with E-state index in [1.807, 2.05) is 5.43 Å². The molecule has 0 unspecified atom stereocenters. The average molecular weight is 1060 g/mol. The van der Waals surface area contributed by atoms with E-state index >= 15 is 0 Å². The maximum Gasteiger partial charge on any atom is 1.00 e. The quantitative estimate of drug-likeness (QED) is 0.0222. The molecule has 324 valence electrons. The molecule has 28 nitrogen and oxygen atoms in total. The molecule has 0 amide bonds. The van der Waals surface area contributed by atoms with E-state index in [0.29, 0.717) is 12.1 Å². The first-order valence-electron chi connectivity index (χ1n) is 15.7. The van der Waals surface area contributed by atoms with Crippen LogP contribution in [0.15, 0.2) is 77.4 Å². The number of fused-ring (bicyclic) bond motifs is 1. The van der Waals surface area contributed by atoms with Crippen LogP contribution in [0, 0.1) is 0 Å². The Hall–Kier alpha value is -2.62. The largest absolute Gasteiger partial charge is 1.00 e. The molecule has 0 bridgehead atoms. The summed E-state index contributed by atoms with van der Waals surface area (Å²) in [7, 11) is -22.2. The Morgan fingerprint density at radius 2 is 1.08 bits per heavy atom. The van der Waals surface area contributed by atoms with E-state index in [1.54, 1.807) is 0 Å². The van der Waals surface area contributed by atoms with Crippen molar-refractivity contribution in [2.45, 2.75) is 14.7 Å². The van der Waals surface area contributed by atoms with Crippen molar-refractivity contribution >= 4 is 139 Å². The first-order valence-corrected chi connectivity index (χ1v) is 22.1. The smallest absolute Gasteiger partial charge is 0.744 e. The Morgan fingerprint density at radius 1 is 0.591 bits per heavy atom. The molecule has 9 N–H and O–H groups in total. The van der Waals surface area contributed by atoms with Crippen LogP contribution < -0.4 is 151 Å². The van der Waals surface area contributed by atoms with E-state index in [0.717, 1.165) is 36.4 Å². The van der Waals surface area contributed by atoms with E-state index in [-0.39, 0.29) is 164 Å². The second-order valence-electron chi connectivity index (χ2n) is 11.7. The van der Waals surface area contributed by atoms with Crippen molar-refractivity contribution in [2.75, 3.05) is 33.3 Å². The normalized spacial score (nSPS) is 13.3. The van der Waals surface area contributed by atoms with Crippen LogP contribution in [0.25, 0.3) is 6.08 Å². The van der Waals surface area contributed by atoms with Crippen molar-refractivity contribution < 1.29 is 175 Å². The first-order chi connectivity index (χ1) is 28.7. The third-order valence-corrected chi connectivity index (χ3v) is 11.4. The predicted octanol–water partition coefficient (Wildman–Crippen LogP) is -10.7. The number of hydrazone groups is 1. The molecule has 0 spiro atoms. The third kappa shape index (κ3) is 14.2. The number of anilines is 8. The molecule has 66 heavy (non-hydrogen) atoms. The first kappa shape index (κ1) is 59.5. The fourth-order valence-corrected chi connectivity index (χ4v) is 8.04. The summed E-state index contributed by atoms with van der Waals surface area (Å²) < 4.78 is 148. The van der Waals surface area contributed by atoms with Crippen LogP contribution in [-0.4, -0.2) is 93.3 Å². The van der Waals surface area contributed by atoms with Crippen molar-refractivity contribution in [1.29, 1.82) is 0 Å². The summed E-state index contributed by atoms with van der Waals surface area (Å²) in [5.74, 6) is -2.86. The van der Waals surface area contributed by atoms with Crippen molar-refractivity contribution in [3.63, 3.8) is 0 Å². The minimum atomic E-state index is -5.77. The molecular formula is C28H17Cl2N15Na4O13S4. The van der Waals surface area contributed by atoms with Gasteiger partial charge in [0.2, 0.25) is 40.1 Å². The number of nitrogen functional groups attached to an aromatic ring is 3. The Bertz CT molecular complexity index is 3300. The number of halogens is 2. The fourth-order valence-electron chi connectivity index (χ4n) is 5.20. The molecule has 0 atom stereocenters. The number of carbonyl (C=O) groups excluding carboxylic acids is 1. The second kappa shape index (κ2) is 22.9. The van der Waals surface area contributed by atoms with Gasteiger partial charge < -0.3 is 46.0 Å². The number of aromatic nitrogens is 6. The average Bonchev–Trinajstić information content (AvgIpc) is 3.11. The number of nitrogens with two attached hydrogens (primary N) is 3. The Balaban J connectivity index is 0.00000374. The Labute approximate surface area is 470 Å². The zero-order valence-electron chi connectivity index (χ0n) is 33.6. The van der Waals surface area contributed by atoms with Gasteiger partial charge in [0, 0.05) is 11.4 Å². The fraction of sp³-hybridized carbons (Fsp3) is 0. The van der Waals surface area contributed by atoms with E-state index in [4.69, 9.17) is 40.4 Å². The maximum atomic E-state index is 14.0. The van der Waals surface area contributed by atoms with E-state index in [2.05, 4.69) is 55.9 Å². The molecule has 6 rings (SSSR count). The van der Waals surface area contributed by atoms with Crippen molar-refractivity contribution in [3.8, 4) is 0 Å². The molecule has 0 radical (unpaired) electrons. The molecule has 3 aromatic carbocycles. The number of rotatable bonds is 12. The van der Waals surface area contributed by atoms with Gasteiger partial charge in [-0.05, 0) is 77.3 Å². The van der Waals surface area contributed by atoms with Crippen LogP contribution in [0.1, 0.15) is 15.9 Å². The van der Waals surface area contributed by atoms with Gasteiger partial charge in [0.05, 0.1) is 36.5 Å². The summed E-state index contributed by atoms with van der Waals surface area (Å²) in [6.45, 7) is 0. The molecule has 1 aliphatic rings. The molecular weight excluding hydrogens is 1050 g/mol. The monoisotopic (exact) mass is 1060 g/mol. The van der Waals surface area contributed by atoms with Crippen LogP contribution in [0.4, 0.5) is 57.9 Å². The summed E-state index contributed by atoms with van der Waals surface area (Å²) in [5, 5.41) is 15.2. The number of ketones is 1. The molecule has 5 aromatic rings. The minimum Gasteiger partial charge on any atom is -0.744 e. The minimum absolute atomic E-state index is 0. The Morgan fingerprint density at radius 3 is 1.55 bits per heavy atom. The van der Waals surface area contributed by atoms with Gasteiger partial charge in [-0.25, -0.2) is 33.7 Å². The summed E-state index contributed by atoms with van der Waals surface area (Å²) in [5.41, 5.74) is 12.2. The predicted molar refractivity (Wildman–Crippen MR) is 210 cm³/mol. The van der Waals surface area contributed by atoms with Crippen LogP contribution in [-0.2, 0) is 40.5 Å². The van der Waals surface area contributed by atoms with Crippen LogP contribution >= 0.6 is 23.2 Å². The van der Waals surface area contributed by atoms with Crippen LogP contribution in [0.5, 0.6) is 0 Å². The second-order valence-corrected chi connectivity index (χ2v) is 17.8. The molecule has 0 saturated heterocycles. The van der Waals surface area contributed by atoms with Gasteiger partial charge in [-0.1, -0.05) is 0 Å². The molecule has 2 heterocycles. The number of allylic oxidation sites excluding steroid dienone is 1. The maximum absolute atomic E-state index is 14.0. The van der Waals surface area contributed by atoms with Gasteiger partial charge in [-0.3, -0.25) is 10.2 Å². The number of hydrogen-bond acceptors (Lipinski definition) is 28. The number of nitrogens with zero attached hydrogens (tertiary/aromatic N) is 9. The Kier molecular flexibility index (Phi) is 20.6. The van der Waals surface area contributed by atoms with Gasteiger partial charge in [0.25, 0.3) is 0 Å². The molecule has 0 saturated carbocycles. The standard InChI is InChI=1S/C28H21Cl2N15O13S4.4Na/c29-23-36-25(32)40-27(38-23)34-10-1-3-14(59(47,48)49)12(7-10)42-44-20-16(61(53,54)55)5-9-6-17(62(56,57)58)21(22(46)18(9)19(20)31)45-43-13-8-11(2-4-15(13)60(50,51)52)35-28-39-24(30)37-26(33)41-28;;;;/h1-8,43H,31H2,(H,47,48,49)(H,50,51,52)(H,53,54,55)(H,56,57,58)(H3,32,34,36,38,40)(H3,33,35,37,39,41);;;;/q;4*+1/p-4. The van der Waals surface area contributed by atoms with Gasteiger partial charge >= 0.3 is 118 Å². The molecule has 0 aliphatic heterocycles. The number of Topliss-reactive ketones (excluding diaryl/α,β-unsaturated/α-hetero) is 1. The SMILES string of the molecule is Nc1nc(Cl)nc(Nc2ccc(S(=O)(=O)[O-])c(N=Nc3c(S(=O)(=O)[O-])cc4c(c3N)C(=O)C(=NNc3cc(Nc5nc(N)nc(Cl)n5)ccc3S(=O)(=O)[O-])C(S(=O)(=O)[O-])=C4)c2)n1.[Na+].[Na+].[Na+].[Na+]. The zero-order valence-corrected chi connectivity index (χ0v) is 46.3. The summed E-state index contributed by atoms with van der Waals surface area (Å²) in [4.78, 5) is 31.2. The number of azo groups is 1. The van der Waals surface area contributed by atoms with Crippen molar-refractivity contribution in [3.05, 3.63) is 69.1 Å². The van der Waals surface area contributed by atoms with Gasteiger partial charge in [0.1, 0.15) is 57.6 Å². The van der Waals surface area contributed by atoms with Gasteiger partial charge in [-0.2, -0.15) is 35.0 Å². The number of nitrogens with one attached hydrogen (secondary N) is 3. The third-order valence-electron chi connectivity index (χ3n) is 7.62. The number of hydrogen-bond donors (Lipinski definition) is 6.